The lowest BCUT2D eigenvalue weighted by Gasteiger charge is -2.16. The van der Waals surface area contributed by atoms with Crippen molar-refractivity contribution in [1.82, 2.24) is 10.3 Å². The third-order valence-electron chi connectivity index (χ3n) is 6.05. The van der Waals surface area contributed by atoms with Crippen LogP contribution in [0.1, 0.15) is 22.8 Å². The smallest absolute Gasteiger partial charge is 0.272 e. The SMILES string of the molecule is COc1cc(OC)c(NC(=O)C(C)Sc2ccc(NC(=O)/C(=C/c3cccnc3)NC(=O)c3ccccc3)cc2)cc1Cl. The number of rotatable bonds is 11. The highest BCUT2D eigenvalue weighted by molar-refractivity contribution is 8.00. The first kappa shape index (κ1) is 31.1. The number of methoxy groups -OCH3 is 2. The van der Waals surface area contributed by atoms with Gasteiger partial charge in [-0.3, -0.25) is 19.4 Å². The number of benzene rings is 3. The Morgan fingerprint density at radius 3 is 2.28 bits per heavy atom. The van der Waals surface area contributed by atoms with Crippen LogP contribution < -0.4 is 25.4 Å². The lowest BCUT2D eigenvalue weighted by atomic mass is 10.2. The largest absolute Gasteiger partial charge is 0.495 e. The van der Waals surface area contributed by atoms with E-state index in [1.807, 2.05) is 0 Å². The Morgan fingerprint density at radius 2 is 1.63 bits per heavy atom. The summed E-state index contributed by atoms with van der Waals surface area (Å²) in [6, 6.07) is 22.3. The number of hydrogen-bond acceptors (Lipinski definition) is 7. The van der Waals surface area contributed by atoms with Crippen molar-refractivity contribution in [3.63, 3.8) is 0 Å². The Kier molecular flexibility index (Phi) is 10.8. The molecule has 0 saturated heterocycles. The fourth-order valence-electron chi connectivity index (χ4n) is 3.84. The van der Waals surface area contributed by atoms with Crippen molar-refractivity contribution in [2.75, 3.05) is 24.9 Å². The molecule has 4 rings (SSSR count). The molecule has 0 spiro atoms. The summed E-state index contributed by atoms with van der Waals surface area (Å²) in [5.41, 5.74) is 2.06. The van der Waals surface area contributed by atoms with Crippen molar-refractivity contribution < 1.29 is 23.9 Å². The van der Waals surface area contributed by atoms with Crippen LogP contribution in [0.5, 0.6) is 11.5 Å². The molecule has 0 saturated carbocycles. The van der Waals surface area contributed by atoms with E-state index in [1.165, 1.54) is 26.0 Å². The molecule has 1 heterocycles. The molecule has 220 valence electrons. The van der Waals surface area contributed by atoms with Gasteiger partial charge in [0.2, 0.25) is 5.91 Å². The molecule has 0 aliphatic rings. The Labute approximate surface area is 258 Å². The third-order valence-corrected chi connectivity index (χ3v) is 7.46. The van der Waals surface area contributed by atoms with Crippen LogP contribution in [0, 0.1) is 0 Å². The number of ether oxygens (including phenoxy) is 2. The number of carbonyl (C=O) groups is 3. The van der Waals surface area contributed by atoms with Gasteiger partial charge >= 0.3 is 0 Å². The average molecular weight is 617 g/mol. The highest BCUT2D eigenvalue weighted by Gasteiger charge is 2.19. The maximum absolute atomic E-state index is 13.2. The summed E-state index contributed by atoms with van der Waals surface area (Å²) in [4.78, 5) is 43.8. The molecule has 9 nitrogen and oxygen atoms in total. The number of thioether (sulfide) groups is 1. The van der Waals surface area contributed by atoms with E-state index in [9.17, 15) is 14.4 Å². The first-order valence-electron chi connectivity index (χ1n) is 13.1. The van der Waals surface area contributed by atoms with Gasteiger partial charge in [-0.1, -0.05) is 35.9 Å². The zero-order valence-electron chi connectivity index (χ0n) is 23.6. The molecule has 0 fully saturated rings. The molecule has 1 unspecified atom stereocenters. The lowest BCUT2D eigenvalue weighted by Crippen LogP contribution is -2.30. The van der Waals surface area contributed by atoms with Crippen LogP contribution in [-0.2, 0) is 9.59 Å². The number of amides is 3. The van der Waals surface area contributed by atoms with Crippen LogP contribution in [0.25, 0.3) is 6.08 Å². The van der Waals surface area contributed by atoms with Gasteiger partial charge in [0.15, 0.2) is 0 Å². The van der Waals surface area contributed by atoms with Crippen LogP contribution in [-0.4, -0.2) is 42.2 Å². The number of anilines is 2. The van der Waals surface area contributed by atoms with Gasteiger partial charge in [-0.2, -0.15) is 0 Å². The minimum absolute atomic E-state index is 0.0552. The second-order valence-corrected chi connectivity index (χ2v) is 10.9. The zero-order chi connectivity index (χ0) is 30.8. The predicted molar refractivity (Wildman–Crippen MR) is 170 cm³/mol. The predicted octanol–water partition coefficient (Wildman–Crippen LogP) is 6.28. The van der Waals surface area contributed by atoms with Crippen molar-refractivity contribution >= 4 is 58.5 Å². The zero-order valence-corrected chi connectivity index (χ0v) is 25.2. The van der Waals surface area contributed by atoms with E-state index in [4.69, 9.17) is 21.1 Å². The van der Waals surface area contributed by atoms with Crippen LogP contribution >= 0.6 is 23.4 Å². The average Bonchev–Trinajstić information content (AvgIpc) is 3.02. The monoisotopic (exact) mass is 616 g/mol. The fraction of sp³-hybridized carbons (Fsp3) is 0.125. The summed E-state index contributed by atoms with van der Waals surface area (Å²) in [5, 5.41) is 8.24. The van der Waals surface area contributed by atoms with Crippen molar-refractivity contribution in [1.29, 1.82) is 0 Å². The molecule has 0 bridgehead atoms. The quantitative estimate of drug-likeness (QED) is 0.134. The van der Waals surface area contributed by atoms with E-state index in [0.29, 0.717) is 39.0 Å². The summed E-state index contributed by atoms with van der Waals surface area (Å²) >= 11 is 7.56. The van der Waals surface area contributed by atoms with Gasteiger partial charge < -0.3 is 25.4 Å². The molecule has 3 amide bonds. The van der Waals surface area contributed by atoms with Gasteiger partial charge in [-0.05, 0) is 67.1 Å². The van der Waals surface area contributed by atoms with E-state index in [1.54, 1.807) is 104 Å². The molecule has 1 aromatic heterocycles. The normalized spacial score (nSPS) is 11.7. The standard InChI is InChI=1S/C32H29ClN4O5S/c1-20(30(38)36-26-17-25(33)28(41-2)18-29(26)42-3)43-24-13-11-23(12-14-24)35-32(40)27(16-21-8-7-15-34-19-21)37-31(39)22-9-5-4-6-10-22/h4-20H,1-3H3,(H,35,40)(H,36,38)(H,37,39)/b27-16-. The summed E-state index contributed by atoms with van der Waals surface area (Å²) in [7, 11) is 2.99. The van der Waals surface area contributed by atoms with Gasteiger partial charge in [0.25, 0.3) is 11.8 Å². The first-order valence-corrected chi connectivity index (χ1v) is 14.3. The molecule has 3 aromatic carbocycles. The Morgan fingerprint density at radius 1 is 0.907 bits per heavy atom. The van der Waals surface area contributed by atoms with Crippen molar-refractivity contribution in [2.24, 2.45) is 0 Å². The number of nitrogens with one attached hydrogen (secondary N) is 3. The van der Waals surface area contributed by atoms with Gasteiger partial charge in [-0.15, -0.1) is 11.8 Å². The maximum atomic E-state index is 13.2. The van der Waals surface area contributed by atoms with Crippen molar-refractivity contribution in [3.8, 4) is 11.5 Å². The molecule has 11 heteroatoms. The highest BCUT2D eigenvalue weighted by Crippen LogP contribution is 2.36. The Balaban J connectivity index is 1.41. The van der Waals surface area contributed by atoms with E-state index in [0.717, 1.165) is 4.90 Å². The minimum Gasteiger partial charge on any atom is -0.495 e. The summed E-state index contributed by atoms with van der Waals surface area (Å²) in [6.45, 7) is 1.78. The number of pyridine rings is 1. The van der Waals surface area contributed by atoms with E-state index in [-0.39, 0.29) is 11.6 Å². The Hall–Kier alpha value is -4.80. The summed E-state index contributed by atoms with van der Waals surface area (Å²) in [6.07, 6.45) is 4.76. The summed E-state index contributed by atoms with van der Waals surface area (Å²) in [5.74, 6) is -0.317. The third kappa shape index (κ3) is 8.60. The summed E-state index contributed by atoms with van der Waals surface area (Å²) < 4.78 is 10.6. The molecule has 1 atom stereocenters. The van der Waals surface area contributed by atoms with Crippen LogP contribution in [0.3, 0.4) is 0 Å². The maximum Gasteiger partial charge on any atom is 0.272 e. The molecule has 0 aliphatic carbocycles. The lowest BCUT2D eigenvalue weighted by molar-refractivity contribution is -0.115. The van der Waals surface area contributed by atoms with Gasteiger partial charge in [-0.25, -0.2) is 0 Å². The fourth-order valence-corrected chi connectivity index (χ4v) is 4.94. The number of halogens is 1. The highest BCUT2D eigenvalue weighted by atomic mass is 35.5. The minimum atomic E-state index is -0.506. The number of carbonyl (C=O) groups excluding carboxylic acids is 3. The molecular formula is C32H29ClN4O5S. The molecule has 4 aromatic rings. The van der Waals surface area contributed by atoms with Crippen molar-refractivity contribution in [2.45, 2.75) is 17.1 Å². The Bertz CT molecular complexity index is 1620. The van der Waals surface area contributed by atoms with Gasteiger partial charge in [0.1, 0.15) is 17.2 Å². The number of nitrogens with zero attached hydrogens (tertiary/aromatic N) is 1. The molecular weight excluding hydrogens is 588 g/mol. The van der Waals surface area contributed by atoms with E-state index < -0.39 is 17.1 Å². The van der Waals surface area contributed by atoms with Gasteiger partial charge in [0.05, 0.1) is 30.2 Å². The topological polar surface area (TPSA) is 119 Å². The van der Waals surface area contributed by atoms with Gasteiger partial charge in [0, 0.05) is 34.6 Å². The second kappa shape index (κ2) is 14.9. The molecule has 0 aliphatic heterocycles. The number of hydrogen-bond donors (Lipinski definition) is 3. The van der Waals surface area contributed by atoms with Crippen LogP contribution in [0.2, 0.25) is 5.02 Å². The number of aromatic nitrogens is 1. The van der Waals surface area contributed by atoms with E-state index >= 15 is 0 Å². The second-order valence-electron chi connectivity index (χ2n) is 9.08. The molecule has 3 N–H and O–H groups in total. The first-order chi connectivity index (χ1) is 20.8. The van der Waals surface area contributed by atoms with Crippen LogP contribution in [0.4, 0.5) is 11.4 Å². The van der Waals surface area contributed by atoms with Crippen molar-refractivity contribution in [3.05, 3.63) is 113 Å². The van der Waals surface area contributed by atoms with Crippen LogP contribution in [0.15, 0.2) is 102 Å². The molecule has 43 heavy (non-hydrogen) atoms. The molecule has 0 radical (unpaired) electrons. The van der Waals surface area contributed by atoms with E-state index in [2.05, 4.69) is 20.9 Å².